The molecule has 0 saturated carbocycles. The van der Waals surface area contributed by atoms with Gasteiger partial charge in [0.1, 0.15) is 5.82 Å². The Morgan fingerprint density at radius 3 is 2.44 bits per heavy atom. The summed E-state index contributed by atoms with van der Waals surface area (Å²) in [5.74, 6) is -0.241. The molecule has 1 unspecified atom stereocenters. The quantitative estimate of drug-likeness (QED) is 0.522. The van der Waals surface area contributed by atoms with E-state index in [2.05, 4.69) is 59.2 Å². The summed E-state index contributed by atoms with van der Waals surface area (Å²) in [5.41, 5.74) is 2.19. The van der Waals surface area contributed by atoms with Crippen molar-refractivity contribution in [3.8, 4) is 0 Å². The van der Waals surface area contributed by atoms with Crippen LogP contribution in [0.25, 0.3) is 0 Å². The van der Waals surface area contributed by atoms with Gasteiger partial charge < -0.3 is 0 Å². The summed E-state index contributed by atoms with van der Waals surface area (Å²) in [6.45, 7) is 0. The molecule has 0 spiro atoms. The van der Waals surface area contributed by atoms with Gasteiger partial charge in [-0.15, -0.1) is 11.3 Å². The lowest BCUT2D eigenvalue weighted by atomic mass is 10.1. The minimum atomic E-state index is -0.241. The van der Waals surface area contributed by atoms with Crippen LogP contribution in [0.3, 0.4) is 0 Å². The first-order valence-electron chi connectivity index (χ1n) is 4.41. The maximum absolute atomic E-state index is 13.1. The van der Waals surface area contributed by atoms with E-state index in [1.54, 1.807) is 23.5 Å². The number of benzene rings is 1. The Kier molecular flexibility index (Phi) is 4.21. The van der Waals surface area contributed by atoms with Crippen LogP contribution in [0, 0.1) is 5.82 Å². The Morgan fingerprint density at radius 1 is 1.12 bits per heavy atom. The van der Waals surface area contributed by atoms with Gasteiger partial charge in [-0.1, -0.05) is 22.0 Å². The molecule has 16 heavy (non-hydrogen) atoms. The first-order chi connectivity index (χ1) is 7.58. The molecule has 0 aliphatic heterocycles. The molecule has 0 aliphatic carbocycles. The van der Waals surface area contributed by atoms with Gasteiger partial charge in [-0.2, -0.15) is 0 Å². The summed E-state index contributed by atoms with van der Waals surface area (Å²) in [5, 5.41) is 2.07. The molecular weight excluding hydrogens is 423 g/mol. The first-order valence-corrected chi connectivity index (χ1v) is 7.79. The van der Waals surface area contributed by atoms with Crippen molar-refractivity contribution in [1.82, 2.24) is 0 Å². The highest BCUT2D eigenvalue weighted by atomic mass is 79.9. The molecule has 2 aromatic rings. The van der Waals surface area contributed by atoms with Crippen molar-refractivity contribution >= 4 is 59.1 Å². The van der Waals surface area contributed by atoms with Gasteiger partial charge in [0.25, 0.3) is 0 Å². The lowest BCUT2D eigenvalue weighted by Crippen LogP contribution is -1.91. The number of thiophene rings is 1. The van der Waals surface area contributed by atoms with Crippen LogP contribution in [-0.2, 0) is 0 Å². The maximum Gasteiger partial charge on any atom is 0.137 e. The molecule has 0 bridgehead atoms. The second kappa shape index (κ2) is 5.29. The summed E-state index contributed by atoms with van der Waals surface area (Å²) in [6.07, 6.45) is 0. The lowest BCUT2D eigenvalue weighted by Gasteiger charge is -2.09. The molecule has 0 aliphatic rings. The third-order valence-corrected chi connectivity index (χ3v) is 5.30. The standard InChI is InChI=1S/C11H6Br3FS/c12-8-3-6(1-2-9(8)15)11(14)7-4-10(13)16-5-7/h1-5,11H. The number of halogens is 4. The van der Waals surface area contributed by atoms with Gasteiger partial charge in [-0.25, -0.2) is 4.39 Å². The zero-order valence-corrected chi connectivity index (χ0v) is 13.5. The lowest BCUT2D eigenvalue weighted by molar-refractivity contribution is 0.620. The summed E-state index contributed by atoms with van der Waals surface area (Å²) < 4.78 is 14.7. The molecule has 84 valence electrons. The molecule has 1 aromatic heterocycles. The van der Waals surface area contributed by atoms with Gasteiger partial charge in [-0.3, -0.25) is 0 Å². The molecule has 5 heteroatoms. The van der Waals surface area contributed by atoms with E-state index in [1.165, 1.54) is 6.07 Å². The van der Waals surface area contributed by atoms with E-state index < -0.39 is 0 Å². The molecule has 2 rings (SSSR count). The molecule has 0 radical (unpaired) electrons. The van der Waals surface area contributed by atoms with E-state index in [0.717, 1.165) is 14.9 Å². The number of hydrogen-bond acceptors (Lipinski definition) is 1. The highest BCUT2D eigenvalue weighted by Gasteiger charge is 2.13. The number of rotatable bonds is 2. The fourth-order valence-electron chi connectivity index (χ4n) is 1.32. The fourth-order valence-corrected chi connectivity index (χ4v) is 3.64. The summed E-state index contributed by atoms with van der Waals surface area (Å²) in [7, 11) is 0. The average molecular weight is 429 g/mol. The zero-order chi connectivity index (χ0) is 11.7. The average Bonchev–Trinajstić information content (AvgIpc) is 2.68. The molecule has 0 amide bonds. The third-order valence-electron chi connectivity index (χ3n) is 2.12. The first kappa shape index (κ1) is 12.7. The van der Waals surface area contributed by atoms with Crippen molar-refractivity contribution in [2.45, 2.75) is 4.83 Å². The van der Waals surface area contributed by atoms with Crippen LogP contribution in [0.5, 0.6) is 0 Å². The predicted octanol–water partition coefficient (Wildman–Crippen LogP) is 5.90. The minimum absolute atomic E-state index is 0.0898. The number of alkyl halides is 1. The van der Waals surface area contributed by atoms with Gasteiger partial charge in [0, 0.05) is 0 Å². The summed E-state index contributed by atoms with van der Waals surface area (Å²) in [4.78, 5) is 0.0898. The topological polar surface area (TPSA) is 0 Å². The predicted molar refractivity (Wildman–Crippen MR) is 76.9 cm³/mol. The van der Waals surface area contributed by atoms with Gasteiger partial charge in [0.15, 0.2) is 0 Å². The molecule has 0 N–H and O–H groups in total. The van der Waals surface area contributed by atoms with Gasteiger partial charge in [-0.05, 0) is 66.6 Å². The Hall–Kier alpha value is 0.290. The second-order valence-corrected chi connectivity index (χ2v) is 7.28. The van der Waals surface area contributed by atoms with Gasteiger partial charge in [0.2, 0.25) is 0 Å². The van der Waals surface area contributed by atoms with Crippen LogP contribution in [0.2, 0.25) is 0 Å². The molecular formula is C11H6Br3FS. The Morgan fingerprint density at radius 2 is 1.88 bits per heavy atom. The zero-order valence-electron chi connectivity index (χ0n) is 7.88. The Balaban J connectivity index is 2.33. The van der Waals surface area contributed by atoms with Crippen LogP contribution < -0.4 is 0 Å². The van der Waals surface area contributed by atoms with Crippen LogP contribution in [0.1, 0.15) is 16.0 Å². The molecule has 0 nitrogen and oxygen atoms in total. The SMILES string of the molecule is Fc1ccc(C(Br)c2csc(Br)c2)cc1Br. The van der Waals surface area contributed by atoms with Crippen LogP contribution >= 0.6 is 59.1 Å². The van der Waals surface area contributed by atoms with E-state index in [0.29, 0.717) is 4.47 Å². The van der Waals surface area contributed by atoms with Crippen molar-refractivity contribution in [2.24, 2.45) is 0 Å². The van der Waals surface area contributed by atoms with Crippen LogP contribution in [-0.4, -0.2) is 0 Å². The van der Waals surface area contributed by atoms with E-state index in [4.69, 9.17) is 0 Å². The summed E-state index contributed by atoms with van der Waals surface area (Å²) in [6, 6.07) is 7.10. The van der Waals surface area contributed by atoms with E-state index in [-0.39, 0.29) is 10.6 Å². The van der Waals surface area contributed by atoms with Gasteiger partial charge >= 0.3 is 0 Å². The number of hydrogen-bond donors (Lipinski definition) is 0. The van der Waals surface area contributed by atoms with E-state index in [1.807, 2.05) is 0 Å². The Bertz CT molecular complexity index is 510. The highest BCUT2D eigenvalue weighted by molar-refractivity contribution is 9.11. The molecule has 0 saturated heterocycles. The van der Waals surface area contributed by atoms with Gasteiger partial charge in [0.05, 0.1) is 13.1 Å². The minimum Gasteiger partial charge on any atom is -0.206 e. The van der Waals surface area contributed by atoms with Crippen molar-refractivity contribution in [2.75, 3.05) is 0 Å². The van der Waals surface area contributed by atoms with Crippen molar-refractivity contribution in [3.05, 3.63) is 54.8 Å². The fraction of sp³-hybridized carbons (Fsp3) is 0.0909. The van der Waals surface area contributed by atoms with Crippen molar-refractivity contribution in [3.63, 3.8) is 0 Å². The molecule has 1 heterocycles. The van der Waals surface area contributed by atoms with E-state index in [9.17, 15) is 4.39 Å². The van der Waals surface area contributed by atoms with Crippen molar-refractivity contribution < 1.29 is 4.39 Å². The largest absolute Gasteiger partial charge is 0.206 e. The van der Waals surface area contributed by atoms with Crippen LogP contribution in [0.15, 0.2) is 37.9 Å². The molecule has 1 atom stereocenters. The maximum atomic E-state index is 13.1. The highest BCUT2D eigenvalue weighted by Crippen LogP contribution is 2.36. The molecule has 0 fully saturated rings. The Labute approximate surface area is 122 Å². The smallest absolute Gasteiger partial charge is 0.137 e. The summed E-state index contributed by atoms with van der Waals surface area (Å²) >= 11 is 11.9. The van der Waals surface area contributed by atoms with Crippen LogP contribution in [0.4, 0.5) is 4.39 Å². The third kappa shape index (κ3) is 2.75. The molecule has 1 aromatic carbocycles. The second-order valence-electron chi connectivity index (χ2n) is 3.22. The van der Waals surface area contributed by atoms with E-state index >= 15 is 0 Å². The normalized spacial score (nSPS) is 12.8. The monoisotopic (exact) mass is 426 g/mol. The van der Waals surface area contributed by atoms with Crippen molar-refractivity contribution in [1.29, 1.82) is 0 Å².